The molecule has 0 N–H and O–H groups in total. The number of aromatic nitrogens is 1. The predicted octanol–water partition coefficient (Wildman–Crippen LogP) is 0.998. The molecule has 1 aromatic heterocycles. The SMILES string of the molecule is CCOC(=O)c1cc2c(c(C)n1)CC(C(=O)OC)(C(=O)OC)C2. The average Bonchev–Trinajstić information content (AvgIpc) is 2.94. The largest absolute Gasteiger partial charge is 0.468 e. The van der Waals surface area contributed by atoms with Crippen LogP contribution in [0.3, 0.4) is 0 Å². The highest BCUT2D eigenvalue weighted by atomic mass is 16.5. The molecular formula is C16H19NO6. The second-order valence-electron chi connectivity index (χ2n) is 5.37. The van der Waals surface area contributed by atoms with E-state index in [0.717, 1.165) is 5.56 Å². The Morgan fingerprint density at radius 1 is 1.17 bits per heavy atom. The van der Waals surface area contributed by atoms with Crippen molar-refractivity contribution in [3.05, 3.63) is 28.6 Å². The zero-order valence-corrected chi connectivity index (χ0v) is 13.6. The van der Waals surface area contributed by atoms with Crippen molar-refractivity contribution in [3.8, 4) is 0 Å². The fraction of sp³-hybridized carbons (Fsp3) is 0.500. The molecular weight excluding hydrogens is 302 g/mol. The van der Waals surface area contributed by atoms with Gasteiger partial charge in [0, 0.05) is 12.1 Å². The molecule has 0 bridgehead atoms. The van der Waals surface area contributed by atoms with Gasteiger partial charge in [0.25, 0.3) is 0 Å². The van der Waals surface area contributed by atoms with Gasteiger partial charge in [-0.25, -0.2) is 9.78 Å². The minimum Gasteiger partial charge on any atom is -0.468 e. The van der Waals surface area contributed by atoms with Crippen molar-refractivity contribution < 1.29 is 28.6 Å². The molecule has 124 valence electrons. The van der Waals surface area contributed by atoms with Gasteiger partial charge in [0.2, 0.25) is 0 Å². The van der Waals surface area contributed by atoms with Crippen LogP contribution in [0.25, 0.3) is 0 Å². The van der Waals surface area contributed by atoms with Crippen molar-refractivity contribution in [1.29, 1.82) is 0 Å². The summed E-state index contributed by atoms with van der Waals surface area (Å²) in [5, 5.41) is 0. The van der Waals surface area contributed by atoms with Gasteiger partial charge in [-0.15, -0.1) is 0 Å². The maximum Gasteiger partial charge on any atom is 0.356 e. The Hall–Kier alpha value is -2.44. The normalized spacial score (nSPS) is 14.8. The molecule has 0 atom stereocenters. The molecule has 23 heavy (non-hydrogen) atoms. The molecule has 7 nitrogen and oxygen atoms in total. The quantitative estimate of drug-likeness (QED) is 0.464. The van der Waals surface area contributed by atoms with E-state index in [1.807, 2.05) is 0 Å². The second-order valence-corrected chi connectivity index (χ2v) is 5.37. The van der Waals surface area contributed by atoms with Crippen LogP contribution in [0, 0.1) is 12.3 Å². The average molecular weight is 321 g/mol. The molecule has 1 aromatic rings. The number of pyridine rings is 1. The molecule has 1 heterocycles. The standard InChI is InChI=1S/C16H19NO6/c1-5-23-13(18)12-6-10-7-16(14(19)21-3,15(20)22-4)8-11(10)9(2)17-12/h6H,5,7-8H2,1-4H3. The van der Waals surface area contributed by atoms with E-state index in [9.17, 15) is 14.4 Å². The van der Waals surface area contributed by atoms with E-state index in [-0.39, 0.29) is 25.1 Å². The lowest BCUT2D eigenvalue weighted by molar-refractivity contribution is -0.168. The van der Waals surface area contributed by atoms with Crippen molar-refractivity contribution in [2.24, 2.45) is 5.41 Å². The first-order chi connectivity index (χ1) is 10.9. The molecule has 0 radical (unpaired) electrons. The van der Waals surface area contributed by atoms with Crippen LogP contribution in [0.1, 0.15) is 34.2 Å². The number of aryl methyl sites for hydroxylation is 1. The highest BCUT2D eigenvalue weighted by Gasteiger charge is 2.53. The van der Waals surface area contributed by atoms with Crippen molar-refractivity contribution in [2.75, 3.05) is 20.8 Å². The van der Waals surface area contributed by atoms with Gasteiger partial charge in [-0.2, -0.15) is 0 Å². The van der Waals surface area contributed by atoms with E-state index in [1.54, 1.807) is 19.9 Å². The lowest BCUT2D eigenvalue weighted by Crippen LogP contribution is -2.42. The Kier molecular flexibility index (Phi) is 4.68. The molecule has 1 aliphatic rings. The van der Waals surface area contributed by atoms with Crippen molar-refractivity contribution >= 4 is 17.9 Å². The summed E-state index contributed by atoms with van der Waals surface area (Å²) in [4.78, 5) is 40.5. The van der Waals surface area contributed by atoms with E-state index < -0.39 is 23.3 Å². The van der Waals surface area contributed by atoms with Gasteiger partial charge >= 0.3 is 17.9 Å². The topological polar surface area (TPSA) is 91.8 Å². The van der Waals surface area contributed by atoms with E-state index >= 15 is 0 Å². The van der Waals surface area contributed by atoms with Gasteiger partial charge in [0.15, 0.2) is 5.41 Å². The highest BCUT2D eigenvalue weighted by molar-refractivity contribution is 6.01. The summed E-state index contributed by atoms with van der Waals surface area (Å²) < 4.78 is 14.5. The van der Waals surface area contributed by atoms with Gasteiger partial charge in [0.1, 0.15) is 5.69 Å². The highest BCUT2D eigenvalue weighted by Crippen LogP contribution is 2.40. The number of hydrogen-bond acceptors (Lipinski definition) is 7. The smallest absolute Gasteiger partial charge is 0.356 e. The van der Waals surface area contributed by atoms with Crippen LogP contribution in [0.4, 0.5) is 0 Å². The minimum absolute atomic E-state index is 0.109. The van der Waals surface area contributed by atoms with E-state index in [2.05, 4.69) is 4.98 Å². The number of hydrogen-bond donors (Lipinski definition) is 0. The van der Waals surface area contributed by atoms with Gasteiger partial charge in [-0.05, 0) is 37.5 Å². The summed E-state index contributed by atoms with van der Waals surface area (Å²) in [6.07, 6.45) is 0.251. The lowest BCUT2D eigenvalue weighted by atomic mass is 9.84. The Morgan fingerprint density at radius 3 is 2.30 bits per heavy atom. The molecule has 0 aromatic carbocycles. The molecule has 0 aliphatic heterocycles. The first-order valence-corrected chi connectivity index (χ1v) is 7.23. The Morgan fingerprint density at radius 2 is 1.78 bits per heavy atom. The number of fused-ring (bicyclic) bond motifs is 1. The first-order valence-electron chi connectivity index (χ1n) is 7.23. The molecule has 0 unspecified atom stereocenters. The fourth-order valence-electron chi connectivity index (χ4n) is 2.93. The maximum atomic E-state index is 12.2. The molecule has 0 saturated carbocycles. The van der Waals surface area contributed by atoms with Crippen LogP contribution in [0.5, 0.6) is 0 Å². The number of rotatable bonds is 4. The number of carbonyl (C=O) groups excluding carboxylic acids is 3. The van der Waals surface area contributed by atoms with Gasteiger partial charge < -0.3 is 14.2 Å². The summed E-state index contributed by atoms with van der Waals surface area (Å²) in [7, 11) is 2.45. The van der Waals surface area contributed by atoms with Crippen LogP contribution >= 0.6 is 0 Å². The van der Waals surface area contributed by atoms with E-state index in [0.29, 0.717) is 11.3 Å². The van der Waals surface area contributed by atoms with Crippen molar-refractivity contribution in [2.45, 2.75) is 26.7 Å². The number of nitrogens with zero attached hydrogens (tertiary/aromatic N) is 1. The molecule has 0 fully saturated rings. The first kappa shape index (κ1) is 16.9. The molecule has 2 rings (SSSR count). The summed E-state index contributed by atoms with van der Waals surface area (Å²) in [5.41, 5.74) is 0.782. The van der Waals surface area contributed by atoms with Crippen molar-refractivity contribution in [3.63, 3.8) is 0 Å². The summed E-state index contributed by atoms with van der Waals surface area (Å²) >= 11 is 0. The second kappa shape index (κ2) is 6.36. The Balaban J connectivity index is 2.46. The minimum atomic E-state index is -1.43. The third-order valence-electron chi connectivity index (χ3n) is 4.03. The fourth-order valence-corrected chi connectivity index (χ4v) is 2.93. The van der Waals surface area contributed by atoms with Gasteiger partial charge in [0.05, 0.1) is 20.8 Å². The van der Waals surface area contributed by atoms with Gasteiger partial charge in [-0.1, -0.05) is 0 Å². The van der Waals surface area contributed by atoms with E-state index in [4.69, 9.17) is 14.2 Å². The van der Waals surface area contributed by atoms with Crippen LogP contribution in [0.15, 0.2) is 6.07 Å². The summed E-state index contributed by atoms with van der Waals surface area (Å²) in [5.74, 6) is -1.85. The summed E-state index contributed by atoms with van der Waals surface area (Å²) in [6, 6.07) is 1.56. The van der Waals surface area contributed by atoms with Crippen molar-refractivity contribution in [1.82, 2.24) is 4.98 Å². The zero-order chi connectivity index (χ0) is 17.2. The monoisotopic (exact) mass is 321 g/mol. The maximum absolute atomic E-state index is 12.2. The molecule has 7 heteroatoms. The Bertz CT molecular complexity index is 651. The third-order valence-corrected chi connectivity index (χ3v) is 4.03. The van der Waals surface area contributed by atoms with Crippen LogP contribution in [0.2, 0.25) is 0 Å². The van der Waals surface area contributed by atoms with Crippen LogP contribution < -0.4 is 0 Å². The molecule has 0 saturated heterocycles. The molecule has 0 spiro atoms. The summed E-state index contributed by atoms with van der Waals surface area (Å²) in [6.45, 7) is 3.68. The van der Waals surface area contributed by atoms with Crippen LogP contribution in [-0.2, 0) is 36.6 Å². The lowest BCUT2D eigenvalue weighted by Gasteiger charge is -2.22. The Labute approximate surface area is 133 Å². The van der Waals surface area contributed by atoms with Crippen LogP contribution in [-0.4, -0.2) is 43.7 Å². The number of ether oxygens (including phenoxy) is 3. The number of methoxy groups -OCH3 is 2. The van der Waals surface area contributed by atoms with E-state index in [1.165, 1.54) is 14.2 Å². The third kappa shape index (κ3) is 2.78. The molecule has 0 amide bonds. The van der Waals surface area contributed by atoms with Gasteiger partial charge in [-0.3, -0.25) is 9.59 Å². The number of carbonyl (C=O) groups is 3. The predicted molar refractivity (Wildman–Crippen MR) is 78.8 cm³/mol. The molecule has 1 aliphatic carbocycles. The zero-order valence-electron chi connectivity index (χ0n) is 13.6. The number of esters is 3.